The molecular weight excluding hydrogens is 401 g/mol. The highest BCUT2D eigenvalue weighted by molar-refractivity contribution is 6.42. The van der Waals surface area contributed by atoms with Crippen LogP contribution >= 0.6 is 23.2 Å². The lowest BCUT2D eigenvalue weighted by Gasteiger charge is -2.36. The van der Waals surface area contributed by atoms with Crippen molar-refractivity contribution in [3.8, 4) is 5.75 Å². The molecule has 0 spiro atoms. The Hall–Kier alpha value is -2.02. The number of carbonyl (C=O) groups is 1. The molecule has 150 valence electrons. The Labute approximate surface area is 174 Å². The molecule has 1 N–H and O–H groups in total. The fraction of sp³-hybridized carbons (Fsp3) is 0.400. The normalized spacial score (nSPS) is 20.5. The second-order valence-corrected chi connectivity index (χ2v) is 7.71. The summed E-state index contributed by atoms with van der Waals surface area (Å²) in [5, 5.41) is 3.61. The molecular formula is C20H23Cl2N3O3. The monoisotopic (exact) mass is 423 g/mol. The number of nitrogens with zero attached hydrogens (tertiary/aromatic N) is 2. The predicted octanol–water partition coefficient (Wildman–Crippen LogP) is 4.41. The summed E-state index contributed by atoms with van der Waals surface area (Å²) in [6.45, 7) is 7.34. The van der Waals surface area contributed by atoms with Crippen LogP contribution in [0.25, 0.3) is 0 Å². The second-order valence-electron chi connectivity index (χ2n) is 6.89. The molecule has 0 radical (unpaired) electrons. The SMILES string of the molecule is CC1CN(c2ccc(NC(=O)C(C)Oc3ccc(Cl)c(Cl)c3)cn2)CC(C)O1. The van der Waals surface area contributed by atoms with Crippen LogP contribution in [0.3, 0.4) is 0 Å². The fourth-order valence-corrected chi connectivity index (χ4v) is 3.35. The molecule has 6 nitrogen and oxygen atoms in total. The average Bonchev–Trinajstić information content (AvgIpc) is 2.64. The second kappa shape index (κ2) is 8.99. The zero-order chi connectivity index (χ0) is 20.3. The Balaban J connectivity index is 1.58. The van der Waals surface area contributed by atoms with Crippen LogP contribution in [0.2, 0.25) is 10.0 Å². The first-order chi connectivity index (χ1) is 13.3. The van der Waals surface area contributed by atoms with Crippen molar-refractivity contribution in [2.24, 2.45) is 0 Å². The molecule has 2 aromatic rings. The van der Waals surface area contributed by atoms with Crippen molar-refractivity contribution in [2.45, 2.75) is 39.1 Å². The lowest BCUT2D eigenvalue weighted by atomic mass is 10.2. The summed E-state index contributed by atoms with van der Waals surface area (Å²) in [7, 11) is 0. The van der Waals surface area contributed by atoms with E-state index in [1.165, 1.54) is 0 Å². The number of pyridine rings is 1. The Morgan fingerprint density at radius 3 is 2.54 bits per heavy atom. The molecule has 1 fully saturated rings. The number of halogens is 2. The molecule has 8 heteroatoms. The summed E-state index contributed by atoms with van der Waals surface area (Å²) in [4.78, 5) is 19.0. The molecule has 3 rings (SSSR count). The molecule has 0 bridgehead atoms. The maximum Gasteiger partial charge on any atom is 0.265 e. The van der Waals surface area contributed by atoms with Crippen LogP contribution in [0.15, 0.2) is 36.5 Å². The number of hydrogen-bond donors (Lipinski definition) is 1. The van der Waals surface area contributed by atoms with E-state index in [9.17, 15) is 4.79 Å². The Morgan fingerprint density at radius 1 is 1.21 bits per heavy atom. The first-order valence-electron chi connectivity index (χ1n) is 9.11. The minimum absolute atomic E-state index is 0.157. The first-order valence-corrected chi connectivity index (χ1v) is 9.86. The maximum absolute atomic E-state index is 12.4. The molecule has 0 aliphatic carbocycles. The molecule has 1 aliphatic heterocycles. The summed E-state index contributed by atoms with van der Waals surface area (Å²) in [6, 6.07) is 8.59. The topological polar surface area (TPSA) is 63.7 Å². The molecule has 1 aromatic heterocycles. The minimum Gasteiger partial charge on any atom is -0.481 e. The van der Waals surface area contributed by atoms with E-state index in [-0.39, 0.29) is 18.1 Å². The van der Waals surface area contributed by atoms with Crippen LogP contribution < -0.4 is 15.0 Å². The number of ether oxygens (including phenoxy) is 2. The van der Waals surface area contributed by atoms with Gasteiger partial charge in [-0.15, -0.1) is 0 Å². The zero-order valence-corrected chi connectivity index (χ0v) is 17.5. The summed E-state index contributed by atoms with van der Waals surface area (Å²) in [6.07, 6.45) is 1.25. The van der Waals surface area contributed by atoms with Crippen LogP contribution in [-0.2, 0) is 9.53 Å². The highest BCUT2D eigenvalue weighted by Crippen LogP contribution is 2.27. The van der Waals surface area contributed by atoms with Gasteiger partial charge in [-0.1, -0.05) is 23.2 Å². The Kier molecular flexibility index (Phi) is 6.65. The smallest absolute Gasteiger partial charge is 0.265 e. The van der Waals surface area contributed by atoms with E-state index in [0.717, 1.165) is 18.9 Å². The van der Waals surface area contributed by atoms with Crippen molar-refractivity contribution < 1.29 is 14.3 Å². The van der Waals surface area contributed by atoms with Crippen LogP contribution in [-0.4, -0.2) is 42.3 Å². The van der Waals surface area contributed by atoms with Gasteiger partial charge in [-0.2, -0.15) is 0 Å². The van der Waals surface area contributed by atoms with E-state index in [2.05, 4.69) is 15.2 Å². The molecule has 1 amide bonds. The van der Waals surface area contributed by atoms with E-state index in [1.54, 1.807) is 31.3 Å². The number of amides is 1. The van der Waals surface area contributed by atoms with Gasteiger partial charge in [-0.05, 0) is 45.0 Å². The third-order valence-electron chi connectivity index (χ3n) is 4.33. The molecule has 28 heavy (non-hydrogen) atoms. The number of anilines is 2. The van der Waals surface area contributed by atoms with E-state index in [1.807, 2.05) is 26.0 Å². The quantitative estimate of drug-likeness (QED) is 0.771. The number of aromatic nitrogens is 1. The van der Waals surface area contributed by atoms with Gasteiger partial charge in [0.2, 0.25) is 0 Å². The number of nitrogens with one attached hydrogen (secondary N) is 1. The van der Waals surface area contributed by atoms with Gasteiger partial charge in [0.15, 0.2) is 6.10 Å². The van der Waals surface area contributed by atoms with Crippen molar-refractivity contribution in [3.63, 3.8) is 0 Å². The number of hydrogen-bond acceptors (Lipinski definition) is 5. The van der Waals surface area contributed by atoms with Crippen LogP contribution in [0, 0.1) is 0 Å². The molecule has 0 saturated carbocycles. The van der Waals surface area contributed by atoms with Gasteiger partial charge in [-0.3, -0.25) is 4.79 Å². The number of carbonyl (C=O) groups excluding carboxylic acids is 1. The van der Waals surface area contributed by atoms with Gasteiger partial charge < -0.3 is 19.7 Å². The van der Waals surface area contributed by atoms with Gasteiger partial charge in [0.1, 0.15) is 11.6 Å². The lowest BCUT2D eigenvalue weighted by molar-refractivity contribution is -0.122. The lowest BCUT2D eigenvalue weighted by Crippen LogP contribution is -2.45. The zero-order valence-electron chi connectivity index (χ0n) is 16.0. The van der Waals surface area contributed by atoms with Gasteiger partial charge in [0, 0.05) is 19.2 Å². The largest absolute Gasteiger partial charge is 0.481 e. The Morgan fingerprint density at radius 2 is 1.93 bits per heavy atom. The third kappa shape index (κ3) is 5.28. The van der Waals surface area contributed by atoms with Gasteiger partial charge >= 0.3 is 0 Å². The van der Waals surface area contributed by atoms with Crippen molar-refractivity contribution in [1.29, 1.82) is 0 Å². The summed E-state index contributed by atoms with van der Waals surface area (Å²) in [5.41, 5.74) is 0.604. The van der Waals surface area contributed by atoms with Crippen molar-refractivity contribution >= 4 is 40.6 Å². The summed E-state index contributed by atoms with van der Waals surface area (Å²) < 4.78 is 11.4. The van der Waals surface area contributed by atoms with Crippen LogP contribution in [0.4, 0.5) is 11.5 Å². The van der Waals surface area contributed by atoms with E-state index in [4.69, 9.17) is 32.7 Å². The van der Waals surface area contributed by atoms with Crippen molar-refractivity contribution in [3.05, 3.63) is 46.6 Å². The van der Waals surface area contributed by atoms with Crippen LogP contribution in [0.5, 0.6) is 5.75 Å². The Bertz CT molecular complexity index is 822. The first kappa shape index (κ1) is 20.7. The highest BCUT2D eigenvalue weighted by atomic mass is 35.5. The van der Waals surface area contributed by atoms with Crippen molar-refractivity contribution in [2.75, 3.05) is 23.3 Å². The summed E-state index contributed by atoms with van der Waals surface area (Å²) in [5.74, 6) is 1.05. The number of benzene rings is 1. The van der Waals surface area contributed by atoms with E-state index in [0.29, 0.717) is 21.5 Å². The predicted molar refractivity (Wildman–Crippen MR) is 112 cm³/mol. The van der Waals surface area contributed by atoms with Gasteiger partial charge in [0.25, 0.3) is 5.91 Å². The fourth-order valence-electron chi connectivity index (χ4n) is 3.06. The number of morpholine rings is 1. The highest BCUT2D eigenvalue weighted by Gasteiger charge is 2.23. The average molecular weight is 424 g/mol. The van der Waals surface area contributed by atoms with Crippen molar-refractivity contribution in [1.82, 2.24) is 4.98 Å². The summed E-state index contributed by atoms with van der Waals surface area (Å²) >= 11 is 11.9. The molecule has 1 aromatic carbocycles. The standard InChI is InChI=1S/C20H23Cl2N3O3/c1-12-10-25(11-13(2)27-12)19-7-4-15(9-23-19)24-20(26)14(3)28-16-5-6-17(21)18(22)8-16/h4-9,12-14H,10-11H2,1-3H3,(H,24,26). The maximum atomic E-state index is 12.4. The molecule has 1 saturated heterocycles. The van der Waals surface area contributed by atoms with E-state index >= 15 is 0 Å². The molecule has 2 heterocycles. The van der Waals surface area contributed by atoms with E-state index < -0.39 is 6.10 Å². The third-order valence-corrected chi connectivity index (χ3v) is 5.07. The molecule has 1 aliphatic rings. The van der Waals surface area contributed by atoms with Gasteiger partial charge in [-0.25, -0.2) is 4.98 Å². The molecule has 3 unspecified atom stereocenters. The van der Waals surface area contributed by atoms with Gasteiger partial charge in [0.05, 0.1) is 34.1 Å². The molecule has 3 atom stereocenters. The minimum atomic E-state index is -0.710. The number of rotatable bonds is 5. The van der Waals surface area contributed by atoms with Crippen LogP contribution in [0.1, 0.15) is 20.8 Å².